The van der Waals surface area contributed by atoms with Crippen LogP contribution in [-0.2, 0) is 10.3 Å². The van der Waals surface area contributed by atoms with E-state index in [0.717, 1.165) is 35.4 Å². The van der Waals surface area contributed by atoms with Crippen LogP contribution in [0.2, 0.25) is 0 Å². The molecule has 0 amide bonds. The van der Waals surface area contributed by atoms with Gasteiger partial charge in [0.05, 0.1) is 4.47 Å². The molecule has 2 heterocycles. The number of nitrogens with zero attached hydrogens (tertiary/aromatic N) is 1. The van der Waals surface area contributed by atoms with Crippen molar-refractivity contribution in [2.24, 2.45) is 0 Å². The summed E-state index contributed by atoms with van der Waals surface area (Å²) in [6.07, 6.45) is 3.29. The first-order valence-corrected chi connectivity index (χ1v) is 7.58. The molecule has 1 aromatic heterocycles. The van der Waals surface area contributed by atoms with Crippen LogP contribution in [0, 0.1) is 4.64 Å². The molecule has 1 atom stereocenters. The van der Waals surface area contributed by atoms with Gasteiger partial charge in [-0.1, -0.05) is 26.1 Å². The van der Waals surface area contributed by atoms with Crippen molar-refractivity contribution in [3.05, 3.63) is 20.6 Å². The van der Waals surface area contributed by atoms with Crippen molar-refractivity contribution in [3.8, 4) is 0 Å². The lowest BCUT2D eigenvalue weighted by Gasteiger charge is -2.33. The minimum atomic E-state index is -0.323. The number of halogens is 1. The van der Waals surface area contributed by atoms with Gasteiger partial charge in [0.25, 0.3) is 0 Å². The highest BCUT2D eigenvalue weighted by Crippen LogP contribution is 2.34. The number of hydrogen-bond donors (Lipinski definition) is 1. The van der Waals surface area contributed by atoms with E-state index < -0.39 is 0 Å². The normalized spacial score (nSPS) is 24.5. The number of hydrogen-bond acceptors (Lipinski definition) is 3. The van der Waals surface area contributed by atoms with Gasteiger partial charge in [-0.3, -0.25) is 0 Å². The average molecular weight is 331 g/mol. The molecular weight excluding hydrogens is 312 g/mol. The maximum Gasteiger partial charge on any atom is 0.144 e. The fourth-order valence-electron chi connectivity index (χ4n) is 2.25. The summed E-state index contributed by atoms with van der Waals surface area (Å²) in [6, 6.07) is 0. The van der Waals surface area contributed by atoms with E-state index in [0.29, 0.717) is 10.6 Å². The Morgan fingerprint density at radius 3 is 2.72 bits per heavy atom. The van der Waals surface area contributed by atoms with Gasteiger partial charge in [-0.15, -0.1) is 0 Å². The van der Waals surface area contributed by atoms with E-state index >= 15 is 0 Å². The molecule has 1 aliphatic rings. The van der Waals surface area contributed by atoms with E-state index in [-0.39, 0.29) is 5.60 Å². The van der Waals surface area contributed by atoms with Gasteiger partial charge in [0.15, 0.2) is 0 Å². The molecule has 0 spiro atoms. The van der Waals surface area contributed by atoms with Gasteiger partial charge < -0.3 is 9.72 Å². The number of aromatic amines is 1. The number of ether oxygens (including phenoxy) is 1. The smallest absolute Gasteiger partial charge is 0.144 e. The Hall–Kier alpha value is -0.260. The molecule has 0 aliphatic carbocycles. The second-order valence-corrected chi connectivity index (χ2v) is 6.49. The van der Waals surface area contributed by atoms with Crippen LogP contribution >= 0.6 is 28.1 Å². The second-order valence-electron chi connectivity index (χ2n) is 5.31. The summed E-state index contributed by atoms with van der Waals surface area (Å²) >= 11 is 8.85. The lowest BCUT2D eigenvalue weighted by Crippen LogP contribution is -2.32. The molecule has 18 heavy (non-hydrogen) atoms. The Morgan fingerprint density at radius 1 is 1.44 bits per heavy atom. The highest BCUT2D eigenvalue weighted by Gasteiger charge is 2.33. The molecule has 0 radical (unpaired) electrons. The van der Waals surface area contributed by atoms with Crippen LogP contribution in [0.4, 0.5) is 0 Å². The molecule has 0 saturated carbocycles. The largest absolute Gasteiger partial charge is 0.367 e. The van der Waals surface area contributed by atoms with Gasteiger partial charge in [0, 0.05) is 12.3 Å². The van der Waals surface area contributed by atoms with Crippen molar-refractivity contribution in [2.45, 2.75) is 51.6 Å². The van der Waals surface area contributed by atoms with Crippen molar-refractivity contribution in [1.29, 1.82) is 0 Å². The summed E-state index contributed by atoms with van der Waals surface area (Å²) < 4.78 is 7.44. The van der Waals surface area contributed by atoms with Crippen LogP contribution in [0.25, 0.3) is 0 Å². The maximum absolute atomic E-state index is 5.93. The second kappa shape index (κ2) is 5.39. The van der Waals surface area contributed by atoms with Crippen molar-refractivity contribution >= 4 is 28.1 Å². The molecule has 1 fully saturated rings. The van der Waals surface area contributed by atoms with Crippen LogP contribution in [0.1, 0.15) is 57.5 Å². The van der Waals surface area contributed by atoms with Crippen LogP contribution in [0.5, 0.6) is 0 Å². The van der Waals surface area contributed by atoms with Gasteiger partial charge in [-0.25, -0.2) is 4.98 Å². The Morgan fingerprint density at radius 2 is 2.17 bits per heavy atom. The monoisotopic (exact) mass is 330 g/mol. The molecule has 100 valence electrons. The average Bonchev–Trinajstić information content (AvgIpc) is 2.33. The first-order valence-electron chi connectivity index (χ1n) is 6.38. The van der Waals surface area contributed by atoms with E-state index in [4.69, 9.17) is 17.0 Å². The number of rotatable bonds is 2. The van der Waals surface area contributed by atoms with E-state index in [2.05, 4.69) is 46.7 Å². The molecule has 5 heteroatoms. The van der Waals surface area contributed by atoms with Crippen LogP contribution < -0.4 is 0 Å². The Balaban J connectivity index is 2.48. The first kappa shape index (κ1) is 14.2. The summed E-state index contributed by atoms with van der Waals surface area (Å²) in [6.45, 7) is 7.17. The van der Waals surface area contributed by atoms with Crippen molar-refractivity contribution in [2.75, 3.05) is 6.61 Å². The number of H-pyrrole nitrogens is 1. The number of nitrogens with one attached hydrogen (secondary N) is 1. The van der Waals surface area contributed by atoms with Crippen molar-refractivity contribution in [3.63, 3.8) is 0 Å². The van der Waals surface area contributed by atoms with Crippen molar-refractivity contribution in [1.82, 2.24) is 9.97 Å². The predicted octanol–water partition coefficient (Wildman–Crippen LogP) is 4.44. The predicted molar refractivity (Wildman–Crippen MR) is 78.4 cm³/mol. The van der Waals surface area contributed by atoms with Crippen LogP contribution in [0.3, 0.4) is 0 Å². The van der Waals surface area contributed by atoms with Crippen molar-refractivity contribution < 1.29 is 4.74 Å². The van der Waals surface area contributed by atoms with E-state index in [9.17, 15) is 0 Å². The molecule has 1 N–H and O–H groups in total. The highest BCUT2D eigenvalue weighted by atomic mass is 79.9. The minimum Gasteiger partial charge on any atom is -0.367 e. The Labute approximate surface area is 121 Å². The third kappa shape index (κ3) is 2.68. The number of aromatic nitrogens is 2. The van der Waals surface area contributed by atoms with E-state index in [1.165, 1.54) is 6.42 Å². The fraction of sp³-hybridized carbons (Fsp3) is 0.692. The van der Waals surface area contributed by atoms with Crippen LogP contribution in [-0.4, -0.2) is 16.6 Å². The van der Waals surface area contributed by atoms with Crippen LogP contribution in [0.15, 0.2) is 4.47 Å². The fourth-order valence-corrected chi connectivity index (χ4v) is 3.09. The third-order valence-corrected chi connectivity index (χ3v) is 4.80. The molecule has 3 nitrogen and oxygen atoms in total. The standard InChI is InChI=1S/C13H19BrN2OS/c1-8(2)10-9(14)11(18)16-12(15-10)13(3)6-4-5-7-17-13/h8H,4-7H2,1-3H3,(H,15,16,18). The van der Waals surface area contributed by atoms with Gasteiger partial charge in [-0.05, 0) is 48.0 Å². The molecular formula is C13H19BrN2OS. The zero-order valence-electron chi connectivity index (χ0n) is 11.0. The molecule has 1 unspecified atom stereocenters. The zero-order valence-corrected chi connectivity index (χ0v) is 13.4. The lowest BCUT2D eigenvalue weighted by molar-refractivity contribution is -0.0762. The van der Waals surface area contributed by atoms with Gasteiger partial charge >= 0.3 is 0 Å². The quantitative estimate of drug-likeness (QED) is 0.814. The Kier molecular flexibility index (Phi) is 4.24. The van der Waals surface area contributed by atoms with E-state index in [1.54, 1.807) is 0 Å². The van der Waals surface area contributed by atoms with E-state index in [1.807, 2.05) is 0 Å². The van der Waals surface area contributed by atoms with Gasteiger partial charge in [0.2, 0.25) is 0 Å². The maximum atomic E-state index is 5.93. The summed E-state index contributed by atoms with van der Waals surface area (Å²) in [5.74, 6) is 1.23. The molecule has 2 rings (SSSR count). The molecule has 1 saturated heterocycles. The summed E-state index contributed by atoms with van der Waals surface area (Å²) in [5.41, 5.74) is 0.774. The Bertz CT molecular complexity index is 492. The summed E-state index contributed by atoms with van der Waals surface area (Å²) in [7, 11) is 0. The summed E-state index contributed by atoms with van der Waals surface area (Å²) in [5, 5.41) is 0. The molecule has 0 aromatic carbocycles. The zero-order chi connectivity index (χ0) is 13.3. The minimum absolute atomic E-state index is 0.323. The van der Waals surface area contributed by atoms with Gasteiger partial charge in [-0.2, -0.15) is 0 Å². The SMILES string of the molecule is CC(C)c1[nH]c(C2(C)CCCCO2)nc(=S)c1Br. The molecule has 1 aliphatic heterocycles. The topological polar surface area (TPSA) is 37.9 Å². The molecule has 0 bridgehead atoms. The van der Waals surface area contributed by atoms with Gasteiger partial charge in [0.1, 0.15) is 16.1 Å². The molecule has 1 aromatic rings. The third-order valence-electron chi connectivity index (χ3n) is 3.44. The first-order chi connectivity index (χ1) is 8.44. The highest BCUT2D eigenvalue weighted by molar-refractivity contribution is 9.10. The lowest BCUT2D eigenvalue weighted by atomic mass is 9.94. The summed E-state index contributed by atoms with van der Waals surface area (Å²) in [4.78, 5) is 7.91.